The minimum absolute atomic E-state index is 0.000637. The van der Waals surface area contributed by atoms with E-state index < -0.39 is 27.8 Å². The molecule has 0 bridgehead atoms. The fourth-order valence-electron chi connectivity index (χ4n) is 2.48. The van der Waals surface area contributed by atoms with Crippen molar-refractivity contribution in [2.45, 2.75) is 6.54 Å². The fourth-order valence-corrected chi connectivity index (χ4v) is 3.34. The normalized spacial score (nSPS) is 15.2. The molecular weight excluding hydrogens is 405 g/mol. The second-order valence-electron chi connectivity index (χ2n) is 5.87. The van der Waals surface area contributed by atoms with Crippen LogP contribution >= 0.6 is 11.8 Å². The smallest absolute Gasteiger partial charge is 0.358 e. The number of imidazole rings is 1. The predicted molar refractivity (Wildman–Crippen MR) is 101 cm³/mol. The van der Waals surface area contributed by atoms with Crippen LogP contribution in [0.15, 0.2) is 41.7 Å². The Balaban J connectivity index is 1.53. The molecular formula is C17H14FN5O5S. The van der Waals surface area contributed by atoms with Crippen molar-refractivity contribution in [3.05, 3.63) is 63.2 Å². The highest BCUT2D eigenvalue weighted by molar-refractivity contribution is 8.18. The van der Waals surface area contributed by atoms with Crippen molar-refractivity contribution in [1.29, 1.82) is 0 Å². The second kappa shape index (κ2) is 8.65. The number of rotatable bonds is 7. The van der Waals surface area contributed by atoms with Crippen LogP contribution < -0.4 is 5.32 Å². The van der Waals surface area contributed by atoms with Gasteiger partial charge in [-0.05, 0) is 33.8 Å². The van der Waals surface area contributed by atoms with E-state index >= 15 is 0 Å². The van der Waals surface area contributed by atoms with Gasteiger partial charge in [0.2, 0.25) is 12.2 Å². The molecule has 1 saturated heterocycles. The summed E-state index contributed by atoms with van der Waals surface area (Å²) in [6.45, 7) is -0.258. The number of nitrogens with one attached hydrogen (secondary N) is 1. The molecule has 0 aliphatic carbocycles. The van der Waals surface area contributed by atoms with Gasteiger partial charge in [-0.3, -0.25) is 19.3 Å². The number of amides is 3. The number of halogens is 1. The lowest BCUT2D eigenvalue weighted by molar-refractivity contribution is -0.389. The molecule has 2 heterocycles. The van der Waals surface area contributed by atoms with Crippen LogP contribution in [0.4, 0.5) is 15.0 Å². The molecule has 2 aromatic rings. The molecule has 3 amide bonds. The van der Waals surface area contributed by atoms with Crippen LogP contribution in [0.2, 0.25) is 0 Å². The summed E-state index contributed by atoms with van der Waals surface area (Å²) in [6, 6.07) is 5.87. The van der Waals surface area contributed by atoms with Crippen LogP contribution in [0.5, 0.6) is 0 Å². The van der Waals surface area contributed by atoms with Gasteiger partial charge in [-0.1, -0.05) is 18.2 Å². The number of imide groups is 1. The van der Waals surface area contributed by atoms with Crippen LogP contribution in [-0.4, -0.2) is 49.5 Å². The summed E-state index contributed by atoms with van der Waals surface area (Å²) in [5.41, 5.74) is 0.195. The van der Waals surface area contributed by atoms with E-state index in [1.54, 1.807) is 6.07 Å². The zero-order chi connectivity index (χ0) is 21.0. The monoisotopic (exact) mass is 419 g/mol. The number of benzene rings is 1. The maximum Gasteiger partial charge on any atom is 0.381 e. The molecule has 29 heavy (non-hydrogen) atoms. The Hall–Kier alpha value is -3.54. The van der Waals surface area contributed by atoms with Gasteiger partial charge in [0, 0.05) is 18.7 Å². The van der Waals surface area contributed by atoms with Crippen molar-refractivity contribution < 1.29 is 23.7 Å². The molecule has 1 aliphatic heterocycles. The number of hydrogen-bond acceptors (Lipinski definition) is 7. The predicted octanol–water partition coefficient (Wildman–Crippen LogP) is 1.78. The summed E-state index contributed by atoms with van der Waals surface area (Å²) in [5, 5.41) is 12.6. The SMILES string of the molecule is O=C(Cn1cnc([N+](=O)[O-])c1)NCCN1C(=O)S/C(=C\c2ccccc2F)C1=O. The van der Waals surface area contributed by atoms with Crippen molar-refractivity contribution in [3.63, 3.8) is 0 Å². The van der Waals surface area contributed by atoms with Crippen molar-refractivity contribution in [2.75, 3.05) is 13.1 Å². The Morgan fingerprint density at radius 2 is 2.10 bits per heavy atom. The van der Waals surface area contributed by atoms with Gasteiger partial charge in [-0.15, -0.1) is 0 Å². The first-order valence-electron chi connectivity index (χ1n) is 8.28. The average Bonchev–Trinajstić information content (AvgIpc) is 3.23. The molecule has 1 N–H and O–H groups in total. The number of thioether (sulfide) groups is 1. The van der Waals surface area contributed by atoms with E-state index in [1.165, 1.54) is 28.8 Å². The Kier molecular flexibility index (Phi) is 6.02. The van der Waals surface area contributed by atoms with Gasteiger partial charge in [0.25, 0.3) is 11.1 Å². The molecule has 1 aromatic heterocycles. The highest BCUT2D eigenvalue weighted by atomic mass is 32.2. The molecule has 10 nitrogen and oxygen atoms in total. The zero-order valence-corrected chi connectivity index (χ0v) is 15.6. The average molecular weight is 419 g/mol. The van der Waals surface area contributed by atoms with Crippen LogP contribution in [0.1, 0.15) is 5.56 Å². The van der Waals surface area contributed by atoms with Gasteiger partial charge in [-0.25, -0.2) is 4.39 Å². The van der Waals surface area contributed by atoms with E-state index in [4.69, 9.17) is 0 Å². The molecule has 150 valence electrons. The number of nitrogens with zero attached hydrogens (tertiary/aromatic N) is 4. The molecule has 0 radical (unpaired) electrons. The fraction of sp³-hybridized carbons (Fsp3) is 0.176. The summed E-state index contributed by atoms with van der Waals surface area (Å²) in [5.74, 6) is -1.92. The van der Waals surface area contributed by atoms with Gasteiger partial charge in [-0.2, -0.15) is 0 Å². The largest absolute Gasteiger partial charge is 0.381 e. The van der Waals surface area contributed by atoms with Gasteiger partial charge in [0.15, 0.2) is 0 Å². The first-order chi connectivity index (χ1) is 13.8. The highest BCUT2D eigenvalue weighted by Gasteiger charge is 2.34. The molecule has 1 aliphatic rings. The molecule has 3 rings (SSSR count). The molecule has 1 fully saturated rings. The summed E-state index contributed by atoms with van der Waals surface area (Å²) >= 11 is 0.695. The lowest BCUT2D eigenvalue weighted by atomic mass is 10.2. The lowest BCUT2D eigenvalue weighted by Gasteiger charge is -2.13. The molecule has 0 atom stereocenters. The molecule has 0 spiro atoms. The van der Waals surface area contributed by atoms with Crippen LogP contribution in [0.3, 0.4) is 0 Å². The van der Waals surface area contributed by atoms with E-state index in [1.807, 2.05) is 0 Å². The Labute approximate surface area is 167 Å². The van der Waals surface area contributed by atoms with Gasteiger partial charge < -0.3 is 20.0 Å². The minimum atomic E-state index is -0.677. The number of carbonyl (C=O) groups excluding carboxylic acids is 3. The molecule has 0 saturated carbocycles. The Bertz CT molecular complexity index is 1020. The lowest BCUT2D eigenvalue weighted by Crippen LogP contribution is -2.38. The summed E-state index contributed by atoms with van der Waals surface area (Å²) in [6.07, 6.45) is 3.58. The first kappa shape index (κ1) is 20.2. The van der Waals surface area contributed by atoms with Crippen molar-refractivity contribution >= 4 is 40.7 Å². The van der Waals surface area contributed by atoms with E-state index in [-0.39, 0.29) is 35.9 Å². The molecule has 1 aromatic carbocycles. The van der Waals surface area contributed by atoms with Gasteiger partial charge in [0.05, 0.1) is 4.91 Å². The third kappa shape index (κ3) is 4.85. The number of nitro groups is 1. The molecule has 0 unspecified atom stereocenters. The van der Waals surface area contributed by atoms with Crippen molar-refractivity contribution in [2.24, 2.45) is 0 Å². The van der Waals surface area contributed by atoms with Gasteiger partial charge in [0.1, 0.15) is 18.6 Å². The third-order valence-electron chi connectivity index (χ3n) is 3.86. The number of hydrogen-bond donors (Lipinski definition) is 1. The standard InChI is InChI=1S/C17H14FN5O5S/c18-12-4-2-1-3-11(12)7-13-16(25)22(17(26)29-13)6-5-19-15(24)9-21-8-14(20-10-21)23(27)28/h1-4,7-8,10H,5-6,9H2,(H,19,24)/b13-7-. The quantitative estimate of drug-likeness (QED) is 0.412. The number of aromatic nitrogens is 2. The highest BCUT2D eigenvalue weighted by Crippen LogP contribution is 2.32. The van der Waals surface area contributed by atoms with E-state index in [2.05, 4.69) is 10.3 Å². The Morgan fingerprint density at radius 1 is 1.34 bits per heavy atom. The van der Waals surface area contributed by atoms with Crippen LogP contribution in [0.25, 0.3) is 6.08 Å². The zero-order valence-electron chi connectivity index (χ0n) is 14.8. The topological polar surface area (TPSA) is 127 Å². The maximum atomic E-state index is 13.7. The van der Waals surface area contributed by atoms with Crippen molar-refractivity contribution in [1.82, 2.24) is 19.8 Å². The van der Waals surface area contributed by atoms with Crippen LogP contribution in [-0.2, 0) is 16.1 Å². The van der Waals surface area contributed by atoms with Crippen LogP contribution in [0, 0.1) is 15.9 Å². The van der Waals surface area contributed by atoms with E-state index in [9.17, 15) is 28.9 Å². The van der Waals surface area contributed by atoms with Gasteiger partial charge >= 0.3 is 5.82 Å². The Morgan fingerprint density at radius 3 is 2.79 bits per heavy atom. The summed E-state index contributed by atoms with van der Waals surface area (Å²) < 4.78 is 15.0. The second-order valence-corrected chi connectivity index (χ2v) is 6.86. The summed E-state index contributed by atoms with van der Waals surface area (Å²) in [7, 11) is 0. The third-order valence-corrected chi connectivity index (χ3v) is 4.76. The maximum absolute atomic E-state index is 13.7. The number of carbonyl (C=O) groups is 3. The van der Waals surface area contributed by atoms with Crippen molar-refractivity contribution in [3.8, 4) is 0 Å². The summed E-state index contributed by atoms with van der Waals surface area (Å²) in [4.78, 5) is 50.8. The molecule has 12 heteroatoms. The first-order valence-corrected chi connectivity index (χ1v) is 9.09. The van der Waals surface area contributed by atoms with E-state index in [0.29, 0.717) is 11.8 Å². The minimum Gasteiger partial charge on any atom is -0.358 e. The van der Waals surface area contributed by atoms with E-state index in [0.717, 1.165) is 17.4 Å².